The number of morpholine rings is 1. The zero-order valence-electron chi connectivity index (χ0n) is 10.3. The normalized spacial score (nSPS) is 24.4. The lowest BCUT2D eigenvalue weighted by Crippen LogP contribution is -2.46. The van der Waals surface area contributed by atoms with Crippen molar-refractivity contribution < 1.29 is 9.47 Å². The number of hydrogen-bond acceptors (Lipinski definition) is 5. The molecule has 1 aliphatic rings. The maximum atomic E-state index is 5.79. The smallest absolute Gasteiger partial charge is 0.168 e. The van der Waals surface area contributed by atoms with Gasteiger partial charge in [-0.05, 0) is 19.1 Å². The van der Waals surface area contributed by atoms with E-state index in [1.54, 1.807) is 13.3 Å². The van der Waals surface area contributed by atoms with Gasteiger partial charge in [0.2, 0.25) is 0 Å². The van der Waals surface area contributed by atoms with E-state index < -0.39 is 0 Å². The summed E-state index contributed by atoms with van der Waals surface area (Å²) in [4.78, 5) is 4.24. The first-order chi connectivity index (χ1) is 8.29. The van der Waals surface area contributed by atoms with Crippen LogP contribution in [0.3, 0.4) is 0 Å². The zero-order valence-corrected chi connectivity index (χ0v) is 10.3. The Morgan fingerprint density at radius 2 is 2.47 bits per heavy atom. The second-order valence-electron chi connectivity index (χ2n) is 4.16. The first-order valence-corrected chi connectivity index (χ1v) is 5.88. The van der Waals surface area contributed by atoms with Crippen LogP contribution < -0.4 is 15.4 Å². The molecule has 0 aliphatic carbocycles. The Labute approximate surface area is 102 Å². The Morgan fingerprint density at radius 1 is 1.59 bits per heavy atom. The molecular weight excluding hydrogens is 218 g/mol. The van der Waals surface area contributed by atoms with Crippen LogP contribution in [-0.4, -0.2) is 43.9 Å². The highest BCUT2D eigenvalue weighted by atomic mass is 16.5. The molecule has 2 N–H and O–H groups in total. The van der Waals surface area contributed by atoms with Crippen molar-refractivity contribution >= 4 is 5.82 Å². The summed E-state index contributed by atoms with van der Waals surface area (Å²) in [5.41, 5.74) is 0. The topological polar surface area (TPSA) is 55.4 Å². The van der Waals surface area contributed by atoms with Crippen molar-refractivity contribution in [3.63, 3.8) is 0 Å². The molecule has 94 valence electrons. The minimum atomic E-state index is 0.172. The van der Waals surface area contributed by atoms with Crippen LogP contribution in [0.4, 0.5) is 5.82 Å². The average molecular weight is 237 g/mol. The van der Waals surface area contributed by atoms with E-state index >= 15 is 0 Å². The van der Waals surface area contributed by atoms with Crippen molar-refractivity contribution in [1.29, 1.82) is 0 Å². The molecule has 0 unspecified atom stereocenters. The molecule has 0 spiro atoms. The van der Waals surface area contributed by atoms with E-state index in [4.69, 9.17) is 9.47 Å². The number of methoxy groups -OCH3 is 1. The van der Waals surface area contributed by atoms with Crippen LogP contribution in [0.15, 0.2) is 18.3 Å². The van der Waals surface area contributed by atoms with Crippen LogP contribution in [0.1, 0.15) is 6.92 Å². The van der Waals surface area contributed by atoms with Gasteiger partial charge in [0.25, 0.3) is 0 Å². The number of pyridine rings is 1. The van der Waals surface area contributed by atoms with Crippen molar-refractivity contribution in [3.05, 3.63) is 18.3 Å². The van der Waals surface area contributed by atoms with E-state index in [0.717, 1.165) is 31.2 Å². The van der Waals surface area contributed by atoms with Gasteiger partial charge in [-0.15, -0.1) is 0 Å². The summed E-state index contributed by atoms with van der Waals surface area (Å²) >= 11 is 0. The SMILES string of the molecule is COc1cccnc1NC[C@@H]1CNC[C@@H](C)O1. The predicted molar refractivity (Wildman–Crippen MR) is 66.5 cm³/mol. The van der Waals surface area contributed by atoms with Gasteiger partial charge in [-0.1, -0.05) is 0 Å². The molecule has 0 aromatic carbocycles. The summed E-state index contributed by atoms with van der Waals surface area (Å²) in [5, 5.41) is 6.59. The van der Waals surface area contributed by atoms with Crippen LogP contribution >= 0.6 is 0 Å². The Bertz CT molecular complexity index is 359. The van der Waals surface area contributed by atoms with Gasteiger partial charge in [0.15, 0.2) is 11.6 Å². The Balaban J connectivity index is 1.88. The van der Waals surface area contributed by atoms with Crippen molar-refractivity contribution in [1.82, 2.24) is 10.3 Å². The van der Waals surface area contributed by atoms with Gasteiger partial charge in [0.05, 0.1) is 19.3 Å². The molecule has 0 bridgehead atoms. The molecule has 0 amide bonds. The summed E-state index contributed by atoms with van der Waals surface area (Å²) in [7, 11) is 1.64. The van der Waals surface area contributed by atoms with Gasteiger partial charge >= 0.3 is 0 Å². The van der Waals surface area contributed by atoms with E-state index in [0.29, 0.717) is 0 Å². The van der Waals surface area contributed by atoms with Gasteiger partial charge in [0, 0.05) is 25.8 Å². The minimum absolute atomic E-state index is 0.172. The molecule has 2 rings (SSSR count). The van der Waals surface area contributed by atoms with Gasteiger partial charge < -0.3 is 20.1 Å². The first kappa shape index (κ1) is 12.1. The molecule has 1 fully saturated rings. The van der Waals surface area contributed by atoms with E-state index in [1.807, 2.05) is 12.1 Å². The second-order valence-corrected chi connectivity index (χ2v) is 4.16. The Kier molecular flexibility index (Phi) is 4.17. The first-order valence-electron chi connectivity index (χ1n) is 5.88. The number of nitrogens with one attached hydrogen (secondary N) is 2. The molecule has 0 radical (unpaired) electrons. The van der Waals surface area contributed by atoms with E-state index in [-0.39, 0.29) is 12.2 Å². The molecule has 1 aromatic rings. The van der Waals surface area contributed by atoms with Crippen LogP contribution in [-0.2, 0) is 4.74 Å². The standard InChI is InChI=1S/C12H19N3O2/c1-9-6-13-7-10(17-9)8-15-12-11(16-2)4-3-5-14-12/h3-5,9-10,13H,6-8H2,1-2H3,(H,14,15)/t9-,10+/m1/s1. The molecule has 17 heavy (non-hydrogen) atoms. The third kappa shape index (κ3) is 3.31. The summed E-state index contributed by atoms with van der Waals surface area (Å²) in [6.07, 6.45) is 2.18. The summed E-state index contributed by atoms with van der Waals surface area (Å²) < 4.78 is 11.0. The third-order valence-corrected chi connectivity index (χ3v) is 2.72. The fourth-order valence-electron chi connectivity index (χ4n) is 1.89. The van der Waals surface area contributed by atoms with Crippen molar-refractivity contribution in [3.8, 4) is 5.75 Å². The molecule has 5 nitrogen and oxygen atoms in total. The number of rotatable bonds is 4. The number of ether oxygens (including phenoxy) is 2. The predicted octanol–water partition coefficient (Wildman–Crippen LogP) is 0.879. The number of aromatic nitrogens is 1. The quantitative estimate of drug-likeness (QED) is 0.814. The lowest BCUT2D eigenvalue weighted by molar-refractivity contribution is -0.0196. The number of hydrogen-bond donors (Lipinski definition) is 2. The molecule has 1 aliphatic heterocycles. The van der Waals surface area contributed by atoms with Gasteiger partial charge in [-0.2, -0.15) is 0 Å². The molecular formula is C12H19N3O2. The van der Waals surface area contributed by atoms with Crippen molar-refractivity contribution in [2.75, 3.05) is 32.1 Å². The highest BCUT2D eigenvalue weighted by molar-refractivity contribution is 5.49. The summed E-state index contributed by atoms with van der Waals surface area (Å²) in [6.45, 7) is 4.58. The third-order valence-electron chi connectivity index (χ3n) is 2.72. The highest BCUT2D eigenvalue weighted by Crippen LogP contribution is 2.20. The average Bonchev–Trinajstić information content (AvgIpc) is 2.37. The lowest BCUT2D eigenvalue weighted by Gasteiger charge is -2.29. The van der Waals surface area contributed by atoms with Gasteiger partial charge in [-0.25, -0.2) is 4.98 Å². The van der Waals surface area contributed by atoms with Crippen molar-refractivity contribution in [2.45, 2.75) is 19.1 Å². The molecule has 5 heteroatoms. The fraction of sp³-hybridized carbons (Fsp3) is 0.583. The molecule has 2 atom stereocenters. The molecule has 1 saturated heterocycles. The highest BCUT2D eigenvalue weighted by Gasteiger charge is 2.18. The number of nitrogens with zero attached hydrogens (tertiary/aromatic N) is 1. The minimum Gasteiger partial charge on any atom is -0.493 e. The van der Waals surface area contributed by atoms with E-state index in [1.165, 1.54) is 0 Å². The summed E-state index contributed by atoms with van der Waals surface area (Å²) in [6, 6.07) is 3.74. The van der Waals surface area contributed by atoms with E-state index in [2.05, 4.69) is 22.5 Å². The molecule has 1 aromatic heterocycles. The second kappa shape index (κ2) is 5.84. The monoisotopic (exact) mass is 237 g/mol. The molecule has 2 heterocycles. The van der Waals surface area contributed by atoms with Crippen LogP contribution in [0.2, 0.25) is 0 Å². The van der Waals surface area contributed by atoms with E-state index in [9.17, 15) is 0 Å². The largest absolute Gasteiger partial charge is 0.493 e. The van der Waals surface area contributed by atoms with Crippen LogP contribution in [0.25, 0.3) is 0 Å². The summed E-state index contributed by atoms with van der Waals surface area (Å²) in [5.74, 6) is 1.51. The maximum absolute atomic E-state index is 5.79. The Hall–Kier alpha value is -1.33. The molecule has 0 saturated carbocycles. The lowest BCUT2D eigenvalue weighted by atomic mass is 10.2. The number of anilines is 1. The van der Waals surface area contributed by atoms with Crippen molar-refractivity contribution in [2.24, 2.45) is 0 Å². The Morgan fingerprint density at radius 3 is 3.24 bits per heavy atom. The zero-order chi connectivity index (χ0) is 12.1. The maximum Gasteiger partial charge on any atom is 0.168 e. The van der Waals surface area contributed by atoms with Gasteiger partial charge in [0.1, 0.15) is 0 Å². The van der Waals surface area contributed by atoms with Crippen LogP contribution in [0.5, 0.6) is 5.75 Å². The fourth-order valence-corrected chi connectivity index (χ4v) is 1.89. The van der Waals surface area contributed by atoms with Crippen LogP contribution in [0, 0.1) is 0 Å². The van der Waals surface area contributed by atoms with Gasteiger partial charge in [-0.3, -0.25) is 0 Å².